The van der Waals surface area contributed by atoms with Crippen molar-refractivity contribution in [1.82, 2.24) is 0 Å². The van der Waals surface area contributed by atoms with Gasteiger partial charge in [-0.15, -0.1) is 0 Å². The summed E-state index contributed by atoms with van der Waals surface area (Å²) in [6, 6.07) is 9.11. The minimum atomic E-state index is -0.727. The first-order valence-electron chi connectivity index (χ1n) is 8.25. The third-order valence-corrected chi connectivity index (χ3v) is 4.26. The summed E-state index contributed by atoms with van der Waals surface area (Å²) in [4.78, 5) is 22.7. The molecule has 26 heavy (non-hydrogen) atoms. The van der Waals surface area contributed by atoms with Crippen LogP contribution in [0, 0.1) is 15.9 Å². The highest BCUT2D eigenvalue weighted by Gasteiger charge is 2.32. The van der Waals surface area contributed by atoms with Crippen LogP contribution in [0.15, 0.2) is 36.4 Å². The van der Waals surface area contributed by atoms with E-state index >= 15 is 0 Å². The normalized spacial score (nSPS) is 15.2. The highest BCUT2D eigenvalue weighted by molar-refractivity contribution is 5.89. The molecule has 0 saturated carbocycles. The number of nitro benzene ring substituents is 1. The molecule has 1 atom stereocenters. The predicted molar refractivity (Wildman–Crippen MR) is 94.8 cm³/mol. The molecule has 7 nitrogen and oxygen atoms in total. The van der Waals surface area contributed by atoms with Gasteiger partial charge in [0.25, 0.3) is 5.69 Å². The summed E-state index contributed by atoms with van der Waals surface area (Å²) in [7, 11) is 0. The molecule has 8 heteroatoms. The highest BCUT2D eigenvalue weighted by Crippen LogP contribution is 2.42. The zero-order valence-electron chi connectivity index (χ0n) is 14.1. The van der Waals surface area contributed by atoms with E-state index in [2.05, 4.69) is 10.6 Å². The third-order valence-electron chi connectivity index (χ3n) is 4.26. The summed E-state index contributed by atoms with van der Waals surface area (Å²) in [5, 5.41) is 17.3. The van der Waals surface area contributed by atoms with Crippen LogP contribution < -0.4 is 10.6 Å². The maximum absolute atomic E-state index is 13.0. The lowest BCUT2D eigenvalue weighted by Crippen LogP contribution is -2.15. The van der Waals surface area contributed by atoms with E-state index in [1.54, 1.807) is 25.1 Å². The van der Waals surface area contributed by atoms with Gasteiger partial charge in [-0.1, -0.05) is 6.07 Å². The fraction of sp³-hybridized carbons (Fsp3) is 0.278. The first-order chi connectivity index (χ1) is 12.5. The molecule has 1 unspecified atom stereocenters. The number of anilines is 2. The van der Waals surface area contributed by atoms with Crippen LogP contribution in [-0.2, 0) is 11.2 Å². The molecule has 0 spiro atoms. The van der Waals surface area contributed by atoms with E-state index in [1.165, 1.54) is 18.2 Å². The number of carbonyl (C=O) groups is 1. The van der Waals surface area contributed by atoms with E-state index in [0.29, 0.717) is 18.4 Å². The van der Waals surface area contributed by atoms with Crippen LogP contribution >= 0.6 is 0 Å². The molecule has 2 aromatic rings. The third kappa shape index (κ3) is 3.58. The van der Waals surface area contributed by atoms with Crippen LogP contribution in [0.3, 0.4) is 0 Å². The van der Waals surface area contributed by atoms with E-state index in [0.717, 1.165) is 11.3 Å². The van der Waals surface area contributed by atoms with Crippen molar-refractivity contribution in [3.63, 3.8) is 0 Å². The van der Waals surface area contributed by atoms with Gasteiger partial charge in [-0.2, -0.15) is 0 Å². The molecule has 0 radical (unpaired) electrons. The van der Waals surface area contributed by atoms with E-state index in [1.807, 2.05) is 0 Å². The summed E-state index contributed by atoms with van der Waals surface area (Å²) < 4.78 is 17.8. The molecule has 1 amide bonds. The van der Waals surface area contributed by atoms with Gasteiger partial charge in [0, 0.05) is 11.3 Å². The monoisotopic (exact) mass is 359 g/mol. The van der Waals surface area contributed by atoms with Crippen molar-refractivity contribution in [3.8, 4) is 0 Å². The van der Waals surface area contributed by atoms with Crippen molar-refractivity contribution in [2.75, 3.05) is 17.2 Å². The number of nitrogens with one attached hydrogen (secondary N) is 2. The van der Waals surface area contributed by atoms with Crippen molar-refractivity contribution in [2.24, 2.45) is 0 Å². The van der Waals surface area contributed by atoms with Gasteiger partial charge in [0.1, 0.15) is 11.5 Å². The van der Waals surface area contributed by atoms with Crippen molar-refractivity contribution < 1.29 is 18.8 Å². The van der Waals surface area contributed by atoms with Crippen molar-refractivity contribution >= 4 is 23.2 Å². The molecule has 1 aliphatic rings. The van der Waals surface area contributed by atoms with Crippen LogP contribution in [0.1, 0.15) is 30.5 Å². The number of rotatable bonds is 5. The highest BCUT2D eigenvalue weighted by atomic mass is 19.1. The van der Waals surface area contributed by atoms with Gasteiger partial charge in [0.15, 0.2) is 0 Å². The lowest BCUT2D eigenvalue weighted by molar-refractivity contribution is -0.384. The maximum atomic E-state index is 13.0. The smallest absolute Gasteiger partial charge is 0.411 e. The van der Waals surface area contributed by atoms with Gasteiger partial charge in [-0.3, -0.25) is 15.4 Å². The van der Waals surface area contributed by atoms with Gasteiger partial charge in [-0.05, 0) is 55.7 Å². The SMILES string of the molecule is CCOC(=O)Nc1ccc2c(c1[N+](=O)[O-])CCC2Nc1ccc(F)cc1. The average Bonchev–Trinajstić information content (AvgIpc) is 2.99. The van der Waals surface area contributed by atoms with E-state index in [4.69, 9.17) is 4.74 Å². The van der Waals surface area contributed by atoms with Gasteiger partial charge < -0.3 is 10.1 Å². The number of hydrogen-bond donors (Lipinski definition) is 2. The number of amides is 1. The summed E-state index contributed by atoms with van der Waals surface area (Å²) in [6.45, 7) is 1.83. The molecule has 0 bridgehead atoms. The molecule has 0 fully saturated rings. The molecule has 2 N–H and O–H groups in total. The number of ether oxygens (including phenoxy) is 1. The summed E-state index contributed by atoms with van der Waals surface area (Å²) in [6.07, 6.45) is 0.439. The van der Waals surface area contributed by atoms with Crippen molar-refractivity contribution in [3.05, 3.63) is 63.5 Å². The van der Waals surface area contributed by atoms with Gasteiger partial charge in [0.05, 0.1) is 17.6 Å². The number of hydrogen-bond acceptors (Lipinski definition) is 5. The molecule has 0 aromatic heterocycles. The standard InChI is InChI=1S/C18H18FN3O4/c1-2-26-18(23)21-16-10-7-13-14(17(16)22(24)25)8-9-15(13)20-12-5-3-11(19)4-6-12/h3-7,10,15,20H,2,8-9H2,1H3,(H,21,23). The quantitative estimate of drug-likeness (QED) is 0.609. The van der Waals surface area contributed by atoms with Gasteiger partial charge in [-0.25, -0.2) is 9.18 Å². The van der Waals surface area contributed by atoms with E-state index in [9.17, 15) is 19.3 Å². The molecule has 2 aromatic carbocycles. The number of carbonyl (C=O) groups excluding carboxylic acids is 1. The van der Waals surface area contributed by atoms with E-state index in [-0.39, 0.29) is 29.8 Å². The lowest BCUT2D eigenvalue weighted by Gasteiger charge is -2.16. The first-order valence-corrected chi connectivity index (χ1v) is 8.25. The Kier molecular flexibility index (Phi) is 5.01. The molecule has 1 aliphatic carbocycles. The molecule has 0 heterocycles. The molecule has 0 saturated heterocycles. The zero-order valence-corrected chi connectivity index (χ0v) is 14.1. The second kappa shape index (κ2) is 7.38. The van der Waals surface area contributed by atoms with Crippen LogP contribution in [-0.4, -0.2) is 17.6 Å². The molecular weight excluding hydrogens is 341 g/mol. The number of benzene rings is 2. The van der Waals surface area contributed by atoms with Gasteiger partial charge >= 0.3 is 6.09 Å². The number of nitrogens with zero attached hydrogens (tertiary/aromatic N) is 1. The fourth-order valence-corrected chi connectivity index (χ4v) is 3.17. The van der Waals surface area contributed by atoms with Crippen LogP contribution in [0.5, 0.6) is 0 Å². The van der Waals surface area contributed by atoms with E-state index < -0.39 is 11.0 Å². The summed E-state index contributed by atoms with van der Waals surface area (Å²) >= 11 is 0. The largest absolute Gasteiger partial charge is 0.450 e. The average molecular weight is 359 g/mol. The first kappa shape index (κ1) is 17.7. The Morgan fingerprint density at radius 1 is 1.31 bits per heavy atom. The second-order valence-corrected chi connectivity index (χ2v) is 5.87. The fourth-order valence-electron chi connectivity index (χ4n) is 3.17. The van der Waals surface area contributed by atoms with Crippen LogP contribution in [0.4, 0.5) is 26.2 Å². The van der Waals surface area contributed by atoms with Crippen LogP contribution in [0.2, 0.25) is 0 Å². The maximum Gasteiger partial charge on any atom is 0.411 e. The van der Waals surface area contributed by atoms with Crippen LogP contribution in [0.25, 0.3) is 0 Å². The zero-order chi connectivity index (χ0) is 18.7. The minimum absolute atomic E-state index is 0.112. The Morgan fingerprint density at radius 2 is 2.04 bits per heavy atom. The number of fused-ring (bicyclic) bond motifs is 1. The molecule has 0 aliphatic heterocycles. The number of nitro groups is 1. The van der Waals surface area contributed by atoms with Crippen molar-refractivity contribution in [2.45, 2.75) is 25.8 Å². The Morgan fingerprint density at radius 3 is 2.69 bits per heavy atom. The Hall–Kier alpha value is -3.16. The lowest BCUT2D eigenvalue weighted by atomic mass is 10.0. The molecule has 136 valence electrons. The van der Waals surface area contributed by atoms with Gasteiger partial charge in [0.2, 0.25) is 0 Å². The molecule has 3 rings (SSSR count). The Balaban J connectivity index is 1.89. The minimum Gasteiger partial charge on any atom is -0.450 e. The summed E-state index contributed by atoms with van der Waals surface area (Å²) in [5.41, 5.74) is 2.13. The Bertz CT molecular complexity index is 839. The summed E-state index contributed by atoms with van der Waals surface area (Å²) in [5.74, 6) is -0.326. The molecular formula is C18H18FN3O4. The topological polar surface area (TPSA) is 93.5 Å². The predicted octanol–water partition coefficient (Wildman–Crippen LogP) is 4.40. The Labute approximate surface area is 149 Å². The second-order valence-electron chi connectivity index (χ2n) is 5.87. The van der Waals surface area contributed by atoms with Crippen molar-refractivity contribution in [1.29, 1.82) is 0 Å². The number of halogens is 1.